The second kappa shape index (κ2) is 10.0. The van der Waals surface area contributed by atoms with Crippen molar-refractivity contribution in [2.24, 2.45) is 5.92 Å². The first kappa shape index (κ1) is 19.2. The third-order valence-corrected chi connectivity index (χ3v) is 4.02. The minimum Gasteiger partial charge on any atom is -0.508 e. The molecule has 0 spiro atoms. The van der Waals surface area contributed by atoms with Crippen LogP contribution in [0, 0.1) is 5.92 Å². The number of allylic oxidation sites excluding steroid dienone is 11. The molecular formula is C21H29FO. The molecule has 0 saturated heterocycles. The summed E-state index contributed by atoms with van der Waals surface area (Å²) in [5.41, 5.74) is 3.54. The number of aliphatic hydroxyl groups is 1. The predicted molar refractivity (Wildman–Crippen MR) is 97.9 cm³/mol. The fourth-order valence-corrected chi connectivity index (χ4v) is 2.46. The highest BCUT2D eigenvalue weighted by molar-refractivity contribution is 5.31. The zero-order valence-electron chi connectivity index (χ0n) is 14.8. The normalized spacial score (nSPS) is 18.4. The van der Waals surface area contributed by atoms with Crippen LogP contribution >= 0.6 is 0 Å². The van der Waals surface area contributed by atoms with Gasteiger partial charge in [0, 0.05) is 0 Å². The SMILES string of the molecule is CCC/C(C)=C/C(O)=C\C=C(/C)C(C)CC1=CCC=C(F)C=C1. The zero-order valence-corrected chi connectivity index (χ0v) is 14.8. The van der Waals surface area contributed by atoms with E-state index in [1.807, 2.05) is 25.2 Å². The van der Waals surface area contributed by atoms with E-state index in [0.29, 0.717) is 18.1 Å². The summed E-state index contributed by atoms with van der Waals surface area (Å²) in [4.78, 5) is 0. The Balaban J connectivity index is 2.65. The molecule has 1 aliphatic carbocycles. The maximum absolute atomic E-state index is 13.2. The van der Waals surface area contributed by atoms with Crippen molar-refractivity contribution >= 4 is 0 Å². The zero-order chi connectivity index (χ0) is 17.2. The van der Waals surface area contributed by atoms with Crippen molar-refractivity contribution < 1.29 is 9.50 Å². The predicted octanol–water partition coefficient (Wildman–Crippen LogP) is 6.89. The van der Waals surface area contributed by atoms with E-state index in [9.17, 15) is 9.50 Å². The van der Waals surface area contributed by atoms with Crippen LogP contribution in [0.25, 0.3) is 0 Å². The first-order valence-corrected chi connectivity index (χ1v) is 8.39. The van der Waals surface area contributed by atoms with Gasteiger partial charge in [-0.2, -0.15) is 0 Å². The maximum atomic E-state index is 13.2. The summed E-state index contributed by atoms with van der Waals surface area (Å²) in [6.45, 7) is 8.38. The molecule has 0 heterocycles. The molecule has 2 heteroatoms. The highest BCUT2D eigenvalue weighted by atomic mass is 19.1. The van der Waals surface area contributed by atoms with E-state index in [4.69, 9.17) is 0 Å². The van der Waals surface area contributed by atoms with Crippen molar-refractivity contribution in [2.45, 2.75) is 53.4 Å². The molecule has 1 unspecified atom stereocenters. The monoisotopic (exact) mass is 316 g/mol. The summed E-state index contributed by atoms with van der Waals surface area (Å²) < 4.78 is 13.2. The van der Waals surface area contributed by atoms with E-state index < -0.39 is 0 Å². The van der Waals surface area contributed by atoms with Crippen LogP contribution in [0.1, 0.15) is 53.4 Å². The van der Waals surface area contributed by atoms with Crippen molar-refractivity contribution in [1.29, 1.82) is 0 Å². The van der Waals surface area contributed by atoms with Gasteiger partial charge in [0.2, 0.25) is 0 Å². The molecule has 0 saturated carbocycles. The minimum atomic E-state index is -0.168. The van der Waals surface area contributed by atoms with Gasteiger partial charge in [0.1, 0.15) is 11.6 Å². The van der Waals surface area contributed by atoms with Gasteiger partial charge in [0.05, 0.1) is 0 Å². The molecule has 0 fully saturated rings. The Bertz CT molecular complexity index is 571. The molecule has 1 rings (SSSR count). The number of rotatable bonds is 7. The number of hydrogen-bond acceptors (Lipinski definition) is 1. The topological polar surface area (TPSA) is 20.2 Å². The second-order valence-corrected chi connectivity index (χ2v) is 6.29. The Kier molecular flexibility index (Phi) is 8.39. The lowest BCUT2D eigenvalue weighted by molar-refractivity contribution is 0.431. The largest absolute Gasteiger partial charge is 0.508 e. The molecule has 0 radical (unpaired) electrons. The maximum Gasteiger partial charge on any atom is 0.119 e. The number of aliphatic hydroxyl groups excluding tert-OH is 1. The van der Waals surface area contributed by atoms with E-state index in [1.165, 1.54) is 17.2 Å². The van der Waals surface area contributed by atoms with Crippen LogP contribution < -0.4 is 0 Å². The third kappa shape index (κ3) is 7.83. The van der Waals surface area contributed by atoms with Gasteiger partial charge in [-0.3, -0.25) is 0 Å². The van der Waals surface area contributed by atoms with Gasteiger partial charge in [-0.25, -0.2) is 4.39 Å². The van der Waals surface area contributed by atoms with Crippen molar-refractivity contribution in [3.8, 4) is 0 Å². The molecule has 1 nitrogen and oxygen atoms in total. The van der Waals surface area contributed by atoms with Crippen LogP contribution in [0.2, 0.25) is 0 Å². The molecular weight excluding hydrogens is 287 g/mol. The fourth-order valence-electron chi connectivity index (χ4n) is 2.46. The quantitative estimate of drug-likeness (QED) is 0.400. The summed E-state index contributed by atoms with van der Waals surface area (Å²) >= 11 is 0. The summed E-state index contributed by atoms with van der Waals surface area (Å²) in [7, 11) is 0. The first-order valence-electron chi connectivity index (χ1n) is 8.39. The van der Waals surface area contributed by atoms with Crippen LogP contribution in [0.3, 0.4) is 0 Å². The lowest BCUT2D eigenvalue weighted by Gasteiger charge is -2.12. The smallest absolute Gasteiger partial charge is 0.119 e. The average Bonchev–Trinajstić information content (AvgIpc) is 2.69. The van der Waals surface area contributed by atoms with E-state index in [1.54, 1.807) is 12.2 Å². The van der Waals surface area contributed by atoms with Gasteiger partial charge in [-0.15, -0.1) is 0 Å². The van der Waals surface area contributed by atoms with Crippen LogP contribution in [0.15, 0.2) is 70.8 Å². The first-order chi connectivity index (χ1) is 10.9. The van der Waals surface area contributed by atoms with Crippen LogP contribution in [0.4, 0.5) is 4.39 Å². The Morgan fingerprint density at radius 1 is 1.26 bits per heavy atom. The number of hydrogen-bond donors (Lipinski definition) is 1. The molecule has 23 heavy (non-hydrogen) atoms. The van der Waals surface area contributed by atoms with Gasteiger partial charge >= 0.3 is 0 Å². The Labute approximate surface area is 140 Å². The van der Waals surface area contributed by atoms with Gasteiger partial charge in [-0.1, -0.05) is 55.2 Å². The van der Waals surface area contributed by atoms with E-state index in [-0.39, 0.29) is 5.83 Å². The molecule has 1 atom stereocenters. The van der Waals surface area contributed by atoms with Gasteiger partial charge in [0.15, 0.2) is 0 Å². The molecule has 0 aromatic heterocycles. The molecule has 0 amide bonds. The van der Waals surface area contributed by atoms with E-state index in [2.05, 4.69) is 26.8 Å². The molecule has 1 aliphatic rings. The highest BCUT2D eigenvalue weighted by Gasteiger charge is 2.07. The van der Waals surface area contributed by atoms with Crippen molar-refractivity contribution in [3.63, 3.8) is 0 Å². The standard InChI is InChI=1S/C21H29FO/c1-5-7-16(2)14-21(23)13-10-17(3)18(4)15-19-8-6-9-20(22)12-11-19/h8-14,18,23H,5-7,15H2,1-4H3/b16-14+,17-10+,21-13+. The molecule has 126 valence electrons. The number of halogens is 1. The van der Waals surface area contributed by atoms with E-state index in [0.717, 1.165) is 24.8 Å². The average molecular weight is 316 g/mol. The third-order valence-electron chi connectivity index (χ3n) is 4.02. The Hall–Kier alpha value is -1.83. The van der Waals surface area contributed by atoms with Crippen LogP contribution in [-0.2, 0) is 0 Å². The van der Waals surface area contributed by atoms with Gasteiger partial charge in [0.25, 0.3) is 0 Å². The minimum absolute atomic E-state index is 0.168. The second-order valence-electron chi connectivity index (χ2n) is 6.29. The molecule has 0 aromatic carbocycles. The van der Waals surface area contributed by atoms with Crippen molar-refractivity contribution in [3.05, 3.63) is 70.8 Å². The van der Waals surface area contributed by atoms with Crippen LogP contribution in [-0.4, -0.2) is 5.11 Å². The van der Waals surface area contributed by atoms with Crippen LogP contribution in [0.5, 0.6) is 0 Å². The fraction of sp³-hybridized carbons (Fsp3) is 0.429. The molecule has 1 N–H and O–H groups in total. The Morgan fingerprint density at radius 2 is 2.00 bits per heavy atom. The summed E-state index contributed by atoms with van der Waals surface area (Å²) in [5.74, 6) is 0.470. The lowest BCUT2D eigenvalue weighted by atomic mass is 9.93. The highest BCUT2D eigenvalue weighted by Crippen LogP contribution is 2.23. The van der Waals surface area contributed by atoms with Gasteiger partial charge in [-0.05, 0) is 63.3 Å². The Morgan fingerprint density at radius 3 is 2.70 bits per heavy atom. The van der Waals surface area contributed by atoms with E-state index >= 15 is 0 Å². The summed E-state index contributed by atoms with van der Waals surface area (Å²) in [6.07, 6.45) is 16.2. The van der Waals surface area contributed by atoms with Gasteiger partial charge < -0.3 is 5.11 Å². The van der Waals surface area contributed by atoms with Crippen molar-refractivity contribution in [1.82, 2.24) is 0 Å². The molecule has 0 bridgehead atoms. The molecule has 0 aromatic rings. The summed E-state index contributed by atoms with van der Waals surface area (Å²) in [5, 5.41) is 9.93. The lowest BCUT2D eigenvalue weighted by Crippen LogP contribution is -1.97. The summed E-state index contributed by atoms with van der Waals surface area (Å²) in [6, 6.07) is 0. The van der Waals surface area contributed by atoms with Crippen molar-refractivity contribution in [2.75, 3.05) is 0 Å². The molecule has 0 aliphatic heterocycles.